The Morgan fingerprint density at radius 3 is 2.52 bits per heavy atom. The summed E-state index contributed by atoms with van der Waals surface area (Å²) in [6, 6.07) is -0.0239. The lowest BCUT2D eigenvalue weighted by atomic mass is 9.89. The second kappa shape index (κ2) is 7.12. The maximum Gasteiger partial charge on any atom is 0.0850 e. The van der Waals surface area contributed by atoms with E-state index < -0.39 is 0 Å². The van der Waals surface area contributed by atoms with Gasteiger partial charge in [-0.25, -0.2) is 0 Å². The second-order valence-corrected chi connectivity index (χ2v) is 6.27. The molecule has 1 fully saturated rings. The number of ether oxygens (including phenoxy) is 1. The van der Waals surface area contributed by atoms with E-state index in [9.17, 15) is 0 Å². The molecule has 21 heavy (non-hydrogen) atoms. The van der Waals surface area contributed by atoms with Crippen molar-refractivity contribution >= 4 is 11.6 Å². The van der Waals surface area contributed by atoms with Crippen LogP contribution in [0.15, 0.2) is 0 Å². The van der Waals surface area contributed by atoms with Crippen molar-refractivity contribution in [3.8, 4) is 0 Å². The predicted molar refractivity (Wildman–Crippen MR) is 86.8 cm³/mol. The first-order valence-corrected chi connectivity index (χ1v) is 8.59. The molecule has 1 aliphatic rings. The molecule has 1 heterocycles. The molecule has 5 heteroatoms. The molecule has 0 bridgehead atoms. The van der Waals surface area contributed by atoms with Gasteiger partial charge in [-0.15, -0.1) is 0 Å². The highest BCUT2D eigenvalue weighted by atomic mass is 35.5. The largest absolute Gasteiger partial charge is 0.374 e. The molecule has 0 aromatic carbocycles. The molecule has 1 saturated carbocycles. The van der Waals surface area contributed by atoms with Gasteiger partial charge in [0.2, 0.25) is 0 Å². The molecule has 1 unspecified atom stereocenters. The van der Waals surface area contributed by atoms with Gasteiger partial charge in [-0.3, -0.25) is 4.68 Å². The van der Waals surface area contributed by atoms with Crippen molar-refractivity contribution in [2.45, 2.75) is 77.5 Å². The first-order chi connectivity index (χ1) is 10.1. The molecule has 0 spiro atoms. The van der Waals surface area contributed by atoms with Gasteiger partial charge in [-0.1, -0.05) is 31.4 Å². The van der Waals surface area contributed by atoms with Crippen molar-refractivity contribution in [1.82, 2.24) is 9.78 Å². The SMILES string of the molecule is CCOC1(C(N)Cc2c(Cl)c(CC)nn2CC)CCCC1. The average Bonchev–Trinajstić information content (AvgIpc) is 3.06. The number of nitrogens with two attached hydrogens (primary N) is 1. The number of hydrogen-bond acceptors (Lipinski definition) is 3. The van der Waals surface area contributed by atoms with Crippen LogP contribution in [0.3, 0.4) is 0 Å². The highest BCUT2D eigenvalue weighted by Crippen LogP contribution is 2.37. The molecule has 0 aliphatic heterocycles. The van der Waals surface area contributed by atoms with E-state index in [-0.39, 0.29) is 11.6 Å². The van der Waals surface area contributed by atoms with Gasteiger partial charge in [-0.05, 0) is 33.1 Å². The highest BCUT2D eigenvalue weighted by molar-refractivity contribution is 6.31. The summed E-state index contributed by atoms with van der Waals surface area (Å²) < 4.78 is 8.07. The third kappa shape index (κ3) is 3.27. The molecular formula is C16H28ClN3O. The molecule has 1 aromatic rings. The standard InChI is InChI=1S/C16H28ClN3O/c1-4-12-15(17)13(20(5-2)19-12)11-14(18)16(21-6-3)9-7-8-10-16/h14H,4-11,18H2,1-3H3. The van der Waals surface area contributed by atoms with Gasteiger partial charge in [0.15, 0.2) is 0 Å². The molecule has 1 aromatic heterocycles. The zero-order valence-corrected chi connectivity index (χ0v) is 14.2. The molecule has 2 rings (SSSR count). The number of halogens is 1. The first-order valence-electron chi connectivity index (χ1n) is 8.21. The average molecular weight is 314 g/mol. The van der Waals surface area contributed by atoms with Crippen LogP contribution in [0.2, 0.25) is 5.02 Å². The molecule has 1 aliphatic carbocycles. The molecule has 2 N–H and O–H groups in total. The van der Waals surface area contributed by atoms with E-state index >= 15 is 0 Å². The maximum absolute atomic E-state index is 6.55. The minimum atomic E-state index is -0.173. The maximum atomic E-state index is 6.55. The Morgan fingerprint density at radius 2 is 2.00 bits per heavy atom. The number of aryl methyl sites for hydroxylation is 2. The Kier molecular flexibility index (Phi) is 5.69. The van der Waals surface area contributed by atoms with Gasteiger partial charge >= 0.3 is 0 Å². The van der Waals surface area contributed by atoms with Gasteiger partial charge in [0.1, 0.15) is 0 Å². The van der Waals surface area contributed by atoms with E-state index in [1.54, 1.807) is 0 Å². The summed E-state index contributed by atoms with van der Waals surface area (Å²) in [6.07, 6.45) is 6.11. The Hall–Kier alpha value is -0.580. The fourth-order valence-corrected chi connectivity index (χ4v) is 3.84. The second-order valence-electron chi connectivity index (χ2n) is 5.89. The van der Waals surface area contributed by atoms with E-state index in [1.165, 1.54) is 12.8 Å². The van der Waals surface area contributed by atoms with Gasteiger partial charge in [0.05, 0.1) is 22.0 Å². The van der Waals surface area contributed by atoms with Crippen molar-refractivity contribution in [2.24, 2.45) is 5.73 Å². The van der Waals surface area contributed by atoms with Gasteiger partial charge in [-0.2, -0.15) is 5.10 Å². The summed E-state index contributed by atoms with van der Waals surface area (Å²) in [6.45, 7) is 7.76. The zero-order valence-electron chi connectivity index (χ0n) is 13.5. The Bertz CT molecular complexity index is 466. The minimum absolute atomic E-state index is 0.0239. The normalized spacial score (nSPS) is 19.1. The highest BCUT2D eigenvalue weighted by Gasteiger charge is 2.41. The molecule has 0 amide bonds. The first kappa shape index (κ1) is 16.8. The van der Waals surface area contributed by atoms with Crippen LogP contribution < -0.4 is 5.73 Å². The minimum Gasteiger partial charge on any atom is -0.374 e. The summed E-state index contributed by atoms with van der Waals surface area (Å²) in [5, 5.41) is 5.37. The van der Waals surface area contributed by atoms with Crippen LogP contribution in [0.25, 0.3) is 0 Å². The van der Waals surface area contributed by atoms with Gasteiger partial charge in [0.25, 0.3) is 0 Å². The van der Waals surface area contributed by atoms with Crippen molar-refractivity contribution in [1.29, 1.82) is 0 Å². The fraction of sp³-hybridized carbons (Fsp3) is 0.812. The van der Waals surface area contributed by atoms with E-state index in [0.717, 1.165) is 48.6 Å². The van der Waals surface area contributed by atoms with Crippen molar-refractivity contribution in [3.63, 3.8) is 0 Å². The molecule has 4 nitrogen and oxygen atoms in total. The number of aromatic nitrogens is 2. The Morgan fingerprint density at radius 1 is 1.33 bits per heavy atom. The predicted octanol–water partition coefficient (Wildman–Crippen LogP) is 3.34. The van der Waals surface area contributed by atoms with Crippen LogP contribution in [-0.2, 0) is 24.1 Å². The third-order valence-corrected chi connectivity index (χ3v) is 5.10. The number of nitrogens with zero attached hydrogens (tertiary/aromatic N) is 2. The van der Waals surface area contributed by atoms with Crippen LogP contribution in [0, 0.1) is 0 Å². The molecule has 120 valence electrons. The zero-order chi connectivity index (χ0) is 15.5. The lowest BCUT2D eigenvalue weighted by molar-refractivity contribution is -0.0528. The van der Waals surface area contributed by atoms with E-state index in [4.69, 9.17) is 22.1 Å². The Labute approximate surface area is 133 Å². The van der Waals surface area contributed by atoms with Crippen LogP contribution in [-0.4, -0.2) is 28.0 Å². The van der Waals surface area contributed by atoms with Crippen LogP contribution in [0.1, 0.15) is 57.8 Å². The summed E-state index contributed by atoms with van der Waals surface area (Å²) in [7, 11) is 0. The van der Waals surface area contributed by atoms with Gasteiger partial charge in [0, 0.05) is 25.6 Å². The van der Waals surface area contributed by atoms with Crippen LogP contribution >= 0.6 is 11.6 Å². The third-order valence-electron chi connectivity index (χ3n) is 4.66. The van der Waals surface area contributed by atoms with Gasteiger partial charge < -0.3 is 10.5 Å². The lowest BCUT2D eigenvalue weighted by Gasteiger charge is -2.35. The van der Waals surface area contributed by atoms with Crippen molar-refractivity contribution in [3.05, 3.63) is 16.4 Å². The summed E-state index contributed by atoms with van der Waals surface area (Å²) in [5.74, 6) is 0. The Balaban J connectivity index is 2.22. The lowest BCUT2D eigenvalue weighted by Crippen LogP contribution is -2.49. The smallest absolute Gasteiger partial charge is 0.0850 e. The monoisotopic (exact) mass is 313 g/mol. The molecule has 0 saturated heterocycles. The van der Waals surface area contributed by atoms with Crippen molar-refractivity contribution in [2.75, 3.05) is 6.61 Å². The molecule has 0 radical (unpaired) electrons. The van der Waals surface area contributed by atoms with E-state index in [0.29, 0.717) is 6.61 Å². The van der Waals surface area contributed by atoms with E-state index in [2.05, 4.69) is 18.9 Å². The molecule has 1 atom stereocenters. The molecular weight excluding hydrogens is 286 g/mol. The number of rotatable bonds is 7. The summed E-state index contributed by atoms with van der Waals surface area (Å²) in [4.78, 5) is 0. The quantitative estimate of drug-likeness (QED) is 0.840. The summed E-state index contributed by atoms with van der Waals surface area (Å²) in [5.41, 5.74) is 8.41. The van der Waals surface area contributed by atoms with Crippen LogP contribution in [0.4, 0.5) is 0 Å². The summed E-state index contributed by atoms with van der Waals surface area (Å²) >= 11 is 6.50. The fourth-order valence-electron chi connectivity index (χ4n) is 3.49. The number of hydrogen-bond donors (Lipinski definition) is 1. The van der Waals surface area contributed by atoms with Crippen molar-refractivity contribution < 1.29 is 4.74 Å². The van der Waals surface area contributed by atoms with E-state index in [1.807, 2.05) is 11.6 Å². The topological polar surface area (TPSA) is 53.1 Å². The van der Waals surface area contributed by atoms with Crippen LogP contribution in [0.5, 0.6) is 0 Å².